The SMILES string of the molecule is COC(=O)c1ccccc1N(C)C(=O)c1ccc(OC[C@@H]2CCCO2)nc1. The van der Waals surface area contributed by atoms with Crippen molar-refractivity contribution in [3.63, 3.8) is 0 Å². The van der Waals surface area contributed by atoms with E-state index in [4.69, 9.17) is 14.2 Å². The number of benzene rings is 1. The minimum Gasteiger partial charge on any atom is -0.475 e. The fourth-order valence-electron chi connectivity index (χ4n) is 2.90. The summed E-state index contributed by atoms with van der Waals surface area (Å²) in [7, 11) is 2.91. The third-order valence-electron chi connectivity index (χ3n) is 4.40. The second-order valence-corrected chi connectivity index (χ2v) is 6.20. The standard InChI is InChI=1S/C20H22N2O5/c1-22(17-8-4-3-7-16(17)20(24)25-2)19(23)14-9-10-18(21-12-14)27-13-15-6-5-11-26-15/h3-4,7-10,12,15H,5-6,11,13H2,1-2H3/t15-/m0/s1. The Kier molecular flexibility index (Phi) is 6.03. The summed E-state index contributed by atoms with van der Waals surface area (Å²) in [5.74, 6) is -0.342. The van der Waals surface area contributed by atoms with Gasteiger partial charge in [-0.2, -0.15) is 0 Å². The van der Waals surface area contributed by atoms with Gasteiger partial charge in [0.2, 0.25) is 5.88 Å². The van der Waals surface area contributed by atoms with Crippen LogP contribution in [0.3, 0.4) is 0 Å². The minimum absolute atomic E-state index is 0.106. The summed E-state index contributed by atoms with van der Waals surface area (Å²) in [6, 6.07) is 10.1. The molecule has 1 aromatic carbocycles. The van der Waals surface area contributed by atoms with Crippen LogP contribution in [0.5, 0.6) is 5.88 Å². The smallest absolute Gasteiger partial charge is 0.339 e. The van der Waals surface area contributed by atoms with Crippen molar-refractivity contribution < 1.29 is 23.8 Å². The molecule has 1 fully saturated rings. The van der Waals surface area contributed by atoms with Gasteiger partial charge in [-0.1, -0.05) is 12.1 Å². The fraction of sp³-hybridized carbons (Fsp3) is 0.350. The zero-order chi connectivity index (χ0) is 19.2. The van der Waals surface area contributed by atoms with Gasteiger partial charge in [0, 0.05) is 25.9 Å². The molecule has 27 heavy (non-hydrogen) atoms. The van der Waals surface area contributed by atoms with Crippen molar-refractivity contribution in [1.82, 2.24) is 4.98 Å². The number of amides is 1. The van der Waals surface area contributed by atoms with E-state index < -0.39 is 5.97 Å². The van der Waals surface area contributed by atoms with Crippen molar-refractivity contribution in [2.75, 3.05) is 32.3 Å². The van der Waals surface area contributed by atoms with E-state index in [2.05, 4.69) is 4.98 Å². The molecule has 0 aliphatic carbocycles. The van der Waals surface area contributed by atoms with Gasteiger partial charge in [-0.25, -0.2) is 9.78 Å². The normalized spacial score (nSPS) is 16.0. The first-order chi connectivity index (χ1) is 13.1. The van der Waals surface area contributed by atoms with Gasteiger partial charge in [0.05, 0.1) is 30.0 Å². The van der Waals surface area contributed by atoms with Crippen molar-refractivity contribution in [2.45, 2.75) is 18.9 Å². The lowest BCUT2D eigenvalue weighted by Gasteiger charge is -2.20. The van der Waals surface area contributed by atoms with Crippen molar-refractivity contribution in [2.24, 2.45) is 0 Å². The summed E-state index contributed by atoms with van der Waals surface area (Å²) in [6.07, 6.45) is 3.61. The average molecular weight is 370 g/mol. The van der Waals surface area contributed by atoms with Crippen molar-refractivity contribution in [3.8, 4) is 5.88 Å². The van der Waals surface area contributed by atoms with E-state index in [0.29, 0.717) is 29.3 Å². The predicted octanol–water partition coefficient (Wildman–Crippen LogP) is 2.70. The van der Waals surface area contributed by atoms with Crippen molar-refractivity contribution in [1.29, 1.82) is 0 Å². The highest BCUT2D eigenvalue weighted by Gasteiger charge is 2.20. The molecule has 7 heteroatoms. The number of hydrogen-bond acceptors (Lipinski definition) is 6. The van der Waals surface area contributed by atoms with Crippen LogP contribution >= 0.6 is 0 Å². The molecule has 1 saturated heterocycles. The maximum Gasteiger partial charge on any atom is 0.339 e. The third-order valence-corrected chi connectivity index (χ3v) is 4.40. The summed E-state index contributed by atoms with van der Waals surface area (Å²) >= 11 is 0. The van der Waals surface area contributed by atoms with E-state index in [0.717, 1.165) is 19.4 Å². The molecule has 0 N–H and O–H groups in total. The number of ether oxygens (including phenoxy) is 3. The summed E-state index contributed by atoms with van der Waals surface area (Å²) in [5, 5.41) is 0. The van der Waals surface area contributed by atoms with E-state index in [-0.39, 0.29) is 12.0 Å². The van der Waals surface area contributed by atoms with E-state index in [1.54, 1.807) is 43.4 Å². The van der Waals surface area contributed by atoms with Crippen LogP contribution in [0.4, 0.5) is 5.69 Å². The first-order valence-corrected chi connectivity index (χ1v) is 8.76. The number of aromatic nitrogens is 1. The van der Waals surface area contributed by atoms with E-state index in [9.17, 15) is 9.59 Å². The number of hydrogen-bond donors (Lipinski definition) is 0. The number of carbonyl (C=O) groups is 2. The lowest BCUT2D eigenvalue weighted by atomic mass is 10.1. The monoisotopic (exact) mass is 370 g/mol. The van der Waals surface area contributed by atoms with Crippen LogP contribution in [0.2, 0.25) is 0 Å². The van der Waals surface area contributed by atoms with E-state index in [1.807, 2.05) is 0 Å². The molecule has 3 rings (SSSR count). The topological polar surface area (TPSA) is 78.0 Å². The lowest BCUT2D eigenvalue weighted by molar-refractivity contribution is 0.0601. The lowest BCUT2D eigenvalue weighted by Crippen LogP contribution is -2.28. The first kappa shape index (κ1) is 18.8. The van der Waals surface area contributed by atoms with Crippen LogP contribution in [-0.4, -0.2) is 50.3 Å². The maximum atomic E-state index is 12.8. The highest BCUT2D eigenvalue weighted by atomic mass is 16.5. The number of pyridine rings is 1. The molecule has 2 aromatic rings. The second kappa shape index (κ2) is 8.64. The Morgan fingerprint density at radius 3 is 2.74 bits per heavy atom. The molecular formula is C20H22N2O5. The molecule has 7 nitrogen and oxygen atoms in total. The molecule has 1 atom stereocenters. The van der Waals surface area contributed by atoms with Gasteiger partial charge in [-0.3, -0.25) is 4.79 Å². The zero-order valence-electron chi connectivity index (χ0n) is 15.4. The predicted molar refractivity (Wildman–Crippen MR) is 99.2 cm³/mol. The number of esters is 1. The maximum absolute atomic E-state index is 12.8. The number of anilines is 1. The first-order valence-electron chi connectivity index (χ1n) is 8.76. The van der Waals surface area contributed by atoms with Gasteiger partial charge >= 0.3 is 5.97 Å². The van der Waals surface area contributed by atoms with Crippen LogP contribution in [0, 0.1) is 0 Å². The van der Waals surface area contributed by atoms with Crippen LogP contribution in [0.15, 0.2) is 42.6 Å². The molecule has 0 radical (unpaired) electrons. The molecule has 1 aliphatic rings. The Morgan fingerprint density at radius 1 is 1.26 bits per heavy atom. The van der Waals surface area contributed by atoms with Gasteiger partial charge in [-0.05, 0) is 31.0 Å². The fourth-order valence-corrected chi connectivity index (χ4v) is 2.90. The molecule has 1 aliphatic heterocycles. The Morgan fingerprint density at radius 2 is 2.07 bits per heavy atom. The van der Waals surface area contributed by atoms with Gasteiger partial charge in [0.15, 0.2) is 0 Å². The summed E-state index contributed by atoms with van der Waals surface area (Å²) < 4.78 is 15.9. The van der Waals surface area contributed by atoms with Crippen LogP contribution in [0.1, 0.15) is 33.6 Å². The third kappa shape index (κ3) is 4.43. The second-order valence-electron chi connectivity index (χ2n) is 6.20. The van der Waals surface area contributed by atoms with E-state index >= 15 is 0 Å². The number of carbonyl (C=O) groups excluding carboxylic acids is 2. The van der Waals surface area contributed by atoms with Crippen LogP contribution in [-0.2, 0) is 9.47 Å². The molecule has 0 unspecified atom stereocenters. The average Bonchev–Trinajstić information content (AvgIpc) is 3.24. The summed E-state index contributed by atoms with van der Waals surface area (Å²) in [5.41, 5.74) is 1.18. The van der Waals surface area contributed by atoms with Gasteiger partial charge in [0.1, 0.15) is 6.61 Å². The molecule has 2 heterocycles. The van der Waals surface area contributed by atoms with Crippen LogP contribution < -0.4 is 9.64 Å². The zero-order valence-corrected chi connectivity index (χ0v) is 15.4. The minimum atomic E-state index is -0.499. The Hall–Kier alpha value is -2.93. The number of nitrogens with zero attached hydrogens (tertiary/aromatic N) is 2. The largest absolute Gasteiger partial charge is 0.475 e. The van der Waals surface area contributed by atoms with Crippen molar-refractivity contribution >= 4 is 17.6 Å². The van der Waals surface area contributed by atoms with E-state index in [1.165, 1.54) is 18.2 Å². The summed E-state index contributed by atoms with van der Waals surface area (Å²) in [4.78, 5) is 30.3. The molecule has 0 spiro atoms. The quantitative estimate of drug-likeness (QED) is 0.728. The molecular weight excluding hydrogens is 348 g/mol. The number of methoxy groups -OCH3 is 1. The molecule has 0 saturated carbocycles. The van der Waals surface area contributed by atoms with Gasteiger partial charge in [-0.15, -0.1) is 0 Å². The number of rotatable bonds is 6. The van der Waals surface area contributed by atoms with Crippen LogP contribution in [0.25, 0.3) is 0 Å². The highest BCUT2D eigenvalue weighted by Crippen LogP contribution is 2.22. The van der Waals surface area contributed by atoms with Gasteiger partial charge in [0.25, 0.3) is 5.91 Å². The Balaban J connectivity index is 1.69. The van der Waals surface area contributed by atoms with Gasteiger partial charge < -0.3 is 19.1 Å². The highest BCUT2D eigenvalue weighted by molar-refractivity contribution is 6.09. The van der Waals surface area contributed by atoms with Crippen molar-refractivity contribution in [3.05, 3.63) is 53.7 Å². The Labute approximate surface area is 157 Å². The summed E-state index contributed by atoms with van der Waals surface area (Å²) in [6.45, 7) is 1.22. The Bertz CT molecular complexity index is 800. The molecule has 1 aromatic heterocycles. The molecule has 0 bridgehead atoms. The molecule has 142 valence electrons. The number of para-hydroxylation sites is 1. The molecule has 1 amide bonds.